The van der Waals surface area contributed by atoms with Crippen LogP contribution in [0, 0.1) is 6.92 Å². The minimum Gasteiger partial charge on any atom is -0.497 e. The second-order valence-electron chi connectivity index (χ2n) is 10.9. The van der Waals surface area contributed by atoms with Crippen molar-refractivity contribution in [2.75, 3.05) is 39.3 Å². The van der Waals surface area contributed by atoms with E-state index in [2.05, 4.69) is 0 Å². The predicted octanol–water partition coefficient (Wildman–Crippen LogP) is 4.22. The molecule has 13 heteroatoms. The fraction of sp³-hybridized carbons (Fsp3) is 0.355. The van der Waals surface area contributed by atoms with Crippen LogP contribution in [-0.4, -0.2) is 76.9 Å². The van der Waals surface area contributed by atoms with Gasteiger partial charge in [-0.05, 0) is 49.7 Å². The van der Waals surface area contributed by atoms with Gasteiger partial charge in [0.05, 0.1) is 33.1 Å². The normalized spacial score (nSPS) is 23.5. The van der Waals surface area contributed by atoms with Gasteiger partial charge < -0.3 is 24.1 Å². The number of aryl methyl sites for hydroxylation is 1. The summed E-state index contributed by atoms with van der Waals surface area (Å²) in [5.74, 6) is -1.59. The SMILES string of the molecule is COc1ccc(S(=O)(=O)N2C(=O)C(c3ccccc3OC)(N3C[C@H](OC)C[C@@]3(C)C(=O)O)c3cc(Cl)c(C)cc32)c(OC)c1. The Morgan fingerprint density at radius 1 is 0.977 bits per heavy atom. The number of benzene rings is 3. The smallest absolute Gasteiger partial charge is 0.323 e. The van der Waals surface area contributed by atoms with Gasteiger partial charge in [0.15, 0.2) is 5.54 Å². The van der Waals surface area contributed by atoms with Crippen LogP contribution in [0.3, 0.4) is 0 Å². The van der Waals surface area contributed by atoms with E-state index in [1.165, 1.54) is 70.6 Å². The molecule has 3 atom stereocenters. The van der Waals surface area contributed by atoms with Crippen molar-refractivity contribution in [3.05, 3.63) is 76.3 Å². The van der Waals surface area contributed by atoms with Crippen LogP contribution in [0.1, 0.15) is 30.0 Å². The summed E-state index contributed by atoms with van der Waals surface area (Å²) < 4.78 is 52.0. The van der Waals surface area contributed by atoms with Gasteiger partial charge in [-0.25, -0.2) is 12.7 Å². The molecule has 11 nitrogen and oxygen atoms in total. The third kappa shape index (κ3) is 4.42. The van der Waals surface area contributed by atoms with Gasteiger partial charge >= 0.3 is 5.97 Å². The van der Waals surface area contributed by atoms with Gasteiger partial charge in [-0.3, -0.25) is 14.5 Å². The maximum atomic E-state index is 15.3. The number of methoxy groups -OCH3 is 4. The van der Waals surface area contributed by atoms with E-state index in [0.717, 1.165) is 0 Å². The number of carboxylic acid groups (broad SMARTS) is 1. The van der Waals surface area contributed by atoms with Gasteiger partial charge in [0, 0.05) is 42.3 Å². The highest BCUT2D eigenvalue weighted by atomic mass is 35.5. The molecule has 0 radical (unpaired) electrons. The van der Waals surface area contributed by atoms with Gasteiger partial charge in [0.2, 0.25) is 0 Å². The number of nitrogens with zero attached hydrogens (tertiary/aromatic N) is 2. The second-order valence-corrected chi connectivity index (χ2v) is 13.0. The van der Waals surface area contributed by atoms with E-state index in [1.807, 2.05) is 0 Å². The quantitative estimate of drug-likeness (QED) is 0.361. The number of amides is 1. The predicted molar refractivity (Wildman–Crippen MR) is 162 cm³/mol. The Hall–Kier alpha value is -3.84. The maximum Gasteiger partial charge on any atom is 0.323 e. The minimum absolute atomic E-state index is 0.0201. The average Bonchev–Trinajstić information content (AvgIpc) is 3.49. The van der Waals surface area contributed by atoms with Crippen molar-refractivity contribution in [3.63, 3.8) is 0 Å². The number of sulfonamides is 1. The van der Waals surface area contributed by atoms with Crippen LogP contribution in [0.25, 0.3) is 0 Å². The summed E-state index contributed by atoms with van der Waals surface area (Å²) in [7, 11) is 0.933. The lowest BCUT2D eigenvalue weighted by Gasteiger charge is -2.45. The van der Waals surface area contributed by atoms with Gasteiger partial charge in [0.1, 0.15) is 27.7 Å². The van der Waals surface area contributed by atoms with Crippen LogP contribution in [0.4, 0.5) is 5.69 Å². The van der Waals surface area contributed by atoms with E-state index < -0.39 is 39.1 Å². The summed E-state index contributed by atoms with van der Waals surface area (Å²) >= 11 is 6.68. The molecule has 0 saturated carbocycles. The molecule has 5 rings (SSSR count). The van der Waals surface area contributed by atoms with Crippen LogP contribution in [0.15, 0.2) is 59.5 Å². The molecule has 2 aliphatic rings. The molecule has 1 saturated heterocycles. The molecular weight excluding hydrogens is 612 g/mol. The number of rotatable bonds is 9. The number of ether oxygens (including phenoxy) is 4. The summed E-state index contributed by atoms with van der Waals surface area (Å²) in [4.78, 5) is 29.6. The molecule has 3 aromatic rings. The second kappa shape index (κ2) is 11.3. The molecule has 234 valence electrons. The summed E-state index contributed by atoms with van der Waals surface area (Å²) in [6.07, 6.45) is -0.566. The van der Waals surface area contributed by atoms with Crippen molar-refractivity contribution in [2.45, 2.75) is 42.3 Å². The molecule has 2 heterocycles. The molecule has 0 bridgehead atoms. The van der Waals surface area contributed by atoms with E-state index in [-0.39, 0.29) is 51.2 Å². The molecule has 1 unspecified atom stereocenters. The first-order valence-corrected chi connectivity index (χ1v) is 15.4. The number of aliphatic carboxylic acids is 1. The number of para-hydroxylation sites is 1. The number of carboxylic acids is 1. The molecular formula is C31H33ClN2O9S. The minimum atomic E-state index is -4.69. The van der Waals surface area contributed by atoms with Crippen molar-refractivity contribution in [1.29, 1.82) is 0 Å². The molecule has 0 spiro atoms. The molecule has 1 fully saturated rings. The number of carbonyl (C=O) groups is 2. The summed E-state index contributed by atoms with van der Waals surface area (Å²) in [5.41, 5.74) is -2.74. The number of likely N-dealkylation sites (tertiary alicyclic amines) is 1. The first-order chi connectivity index (χ1) is 20.8. The lowest BCUT2D eigenvalue weighted by atomic mass is 9.78. The molecule has 0 aromatic heterocycles. The van der Waals surface area contributed by atoms with Gasteiger partial charge in [-0.2, -0.15) is 0 Å². The molecule has 1 N–H and O–H groups in total. The van der Waals surface area contributed by atoms with Crippen molar-refractivity contribution >= 4 is 39.2 Å². The number of hydrogen-bond acceptors (Lipinski definition) is 9. The highest BCUT2D eigenvalue weighted by Gasteiger charge is 2.67. The van der Waals surface area contributed by atoms with E-state index in [1.54, 1.807) is 31.2 Å². The largest absolute Gasteiger partial charge is 0.497 e. The third-order valence-electron chi connectivity index (χ3n) is 8.57. The fourth-order valence-corrected chi connectivity index (χ4v) is 8.08. The highest BCUT2D eigenvalue weighted by molar-refractivity contribution is 7.93. The molecule has 3 aromatic carbocycles. The lowest BCUT2D eigenvalue weighted by Crippen LogP contribution is -2.62. The van der Waals surface area contributed by atoms with Crippen LogP contribution in [-0.2, 0) is 29.9 Å². The van der Waals surface area contributed by atoms with Crippen LogP contribution >= 0.6 is 11.6 Å². The first kappa shape index (κ1) is 31.6. The Labute approximate surface area is 260 Å². The maximum absolute atomic E-state index is 15.3. The van der Waals surface area contributed by atoms with E-state index in [0.29, 0.717) is 15.6 Å². The Morgan fingerprint density at radius 3 is 2.27 bits per heavy atom. The molecule has 44 heavy (non-hydrogen) atoms. The highest BCUT2D eigenvalue weighted by Crippen LogP contribution is 2.57. The van der Waals surface area contributed by atoms with E-state index in [9.17, 15) is 18.3 Å². The van der Waals surface area contributed by atoms with Gasteiger partial charge in [-0.15, -0.1) is 0 Å². The molecule has 0 aliphatic carbocycles. The zero-order valence-corrected chi connectivity index (χ0v) is 26.7. The van der Waals surface area contributed by atoms with E-state index >= 15 is 4.79 Å². The van der Waals surface area contributed by atoms with Crippen LogP contribution in [0.2, 0.25) is 5.02 Å². The Balaban J connectivity index is 1.92. The van der Waals surface area contributed by atoms with Crippen molar-refractivity contribution in [2.24, 2.45) is 0 Å². The zero-order valence-electron chi connectivity index (χ0n) is 25.1. The number of anilines is 1. The van der Waals surface area contributed by atoms with Crippen LogP contribution in [0.5, 0.6) is 17.2 Å². The molecule has 1 amide bonds. The number of halogens is 1. The first-order valence-electron chi connectivity index (χ1n) is 13.6. The Kier molecular flexibility index (Phi) is 8.08. The van der Waals surface area contributed by atoms with E-state index in [4.69, 9.17) is 30.5 Å². The van der Waals surface area contributed by atoms with Crippen molar-refractivity contribution in [3.8, 4) is 17.2 Å². The average molecular weight is 645 g/mol. The van der Waals surface area contributed by atoms with Gasteiger partial charge in [-0.1, -0.05) is 29.8 Å². The van der Waals surface area contributed by atoms with Gasteiger partial charge in [0.25, 0.3) is 15.9 Å². The molecule has 2 aliphatic heterocycles. The lowest BCUT2D eigenvalue weighted by molar-refractivity contribution is -0.153. The third-order valence-corrected chi connectivity index (χ3v) is 10.7. The van der Waals surface area contributed by atoms with Crippen LogP contribution < -0.4 is 18.5 Å². The standard InChI is InChI=1S/C31H33ClN2O9S/c1-18-13-24-22(15-23(18)32)31(21-9-7-8-10-25(21)42-5,33-17-20(41-4)16-30(33,2)29(36)37)28(35)34(24)44(38,39)27-12-11-19(40-3)14-26(27)43-6/h7-15,20H,16-17H2,1-6H3,(H,36,37)/t20-,30+,31?/m1/s1. The number of carbonyl (C=O) groups excluding carboxylic acids is 1. The fourth-order valence-electron chi connectivity index (χ4n) is 6.32. The summed E-state index contributed by atoms with van der Waals surface area (Å²) in [6.45, 7) is 3.17. The monoisotopic (exact) mass is 644 g/mol. The topological polar surface area (TPSA) is 132 Å². The van der Waals surface area contributed by atoms with Crippen molar-refractivity contribution in [1.82, 2.24) is 4.90 Å². The summed E-state index contributed by atoms with van der Waals surface area (Å²) in [5, 5.41) is 10.9. The zero-order chi connectivity index (χ0) is 32.2. The number of hydrogen-bond donors (Lipinski definition) is 1. The number of fused-ring (bicyclic) bond motifs is 1. The Bertz CT molecular complexity index is 1760. The summed E-state index contributed by atoms with van der Waals surface area (Å²) in [6, 6.07) is 13.8. The van der Waals surface area contributed by atoms with Crippen molar-refractivity contribution < 1.29 is 42.1 Å². The Morgan fingerprint density at radius 2 is 1.66 bits per heavy atom.